The third kappa shape index (κ3) is 3.35. The standard InChI is InChI=1S/C19H28N2O/c1-14(17-8-5-9-20-13-17)10-19(22)21(2)18-11-15-6-3-4-7-16(15)12-18/h3-4,6-7,14,17-18,20H,5,8-13H2,1-2H3. The van der Waals surface area contributed by atoms with Crippen LogP contribution in [0.1, 0.15) is 37.3 Å². The number of rotatable bonds is 4. The number of fused-ring (bicyclic) bond motifs is 1. The van der Waals surface area contributed by atoms with Crippen molar-refractivity contribution in [2.45, 2.75) is 45.1 Å². The van der Waals surface area contributed by atoms with Gasteiger partial charge in [-0.1, -0.05) is 31.2 Å². The molecule has 1 aromatic carbocycles. The molecule has 1 heterocycles. The van der Waals surface area contributed by atoms with E-state index in [0.29, 0.717) is 30.2 Å². The van der Waals surface area contributed by atoms with Gasteiger partial charge in [0.1, 0.15) is 0 Å². The van der Waals surface area contributed by atoms with Crippen LogP contribution in [-0.4, -0.2) is 37.0 Å². The Morgan fingerprint density at radius 3 is 2.59 bits per heavy atom. The zero-order valence-corrected chi connectivity index (χ0v) is 13.8. The Morgan fingerprint density at radius 2 is 2.00 bits per heavy atom. The van der Waals surface area contributed by atoms with Crippen LogP contribution in [0.2, 0.25) is 0 Å². The van der Waals surface area contributed by atoms with Gasteiger partial charge in [0, 0.05) is 19.5 Å². The van der Waals surface area contributed by atoms with Crippen molar-refractivity contribution in [1.29, 1.82) is 0 Å². The second kappa shape index (κ2) is 6.82. The number of likely N-dealkylation sites (N-methyl/N-ethyl adjacent to an activating group) is 1. The maximum absolute atomic E-state index is 12.6. The summed E-state index contributed by atoms with van der Waals surface area (Å²) in [5, 5.41) is 3.46. The summed E-state index contributed by atoms with van der Waals surface area (Å²) >= 11 is 0. The van der Waals surface area contributed by atoms with Gasteiger partial charge in [0.2, 0.25) is 5.91 Å². The number of carbonyl (C=O) groups is 1. The van der Waals surface area contributed by atoms with Crippen molar-refractivity contribution >= 4 is 5.91 Å². The first-order valence-electron chi connectivity index (χ1n) is 8.68. The molecule has 1 aliphatic heterocycles. The smallest absolute Gasteiger partial charge is 0.222 e. The number of nitrogens with one attached hydrogen (secondary N) is 1. The van der Waals surface area contributed by atoms with Crippen molar-refractivity contribution in [3.8, 4) is 0 Å². The number of hydrogen-bond donors (Lipinski definition) is 1. The van der Waals surface area contributed by atoms with Gasteiger partial charge in [-0.3, -0.25) is 4.79 Å². The molecule has 3 heteroatoms. The van der Waals surface area contributed by atoms with E-state index in [-0.39, 0.29) is 0 Å². The zero-order chi connectivity index (χ0) is 15.5. The van der Waals surface area contributed by atoms with Gasteiger partial charge < -0.3 is 10.2 Å². The first-order valence-corrected chi connectivity index (χ1v) is 8.68. The molecule has 120 valence electrons. The van der Waals surface area contributed by atoms with E-state index in [4.69, 9.17) is 0 Å². The van der Waals surface area contributed by atoms with E-state index in [2.05, 4.69) is 36.5 Å². The number of amides is 1. The lowest BCUT2D eigenvalue weighted by atomic mass is 9.85. The van der Waals surface area contributed by atoms with Crippen LogP contribution >= 0.6 is 0 Å². The molecule has 1 N–H and O–H groups in total. The Bertz CT molecular complexity index is 497. The third-order valence-electron chi connectivity index (χ3n) is 5.61. The average molecular weight is 300 g/mol. The summed E-state index contributed by atoms with van der Waals surface area (Å²) in [5.41, 5.74) is 2.83. The first kappa shape index (κ1) is 15.5. The number of piperidine rings is 1. The van der Waals surface area contributed by atoms with Crippen LogP contribution in [0.5, 0.6) is 0 Å². The van der Waals surface area contributed by atoms with Crippen molar-refractivity contribution in [2.24, 2.45) is 11.8 Å². The van der Waals surface area contributed by atoms with Crippen molar-refractivity contribution in [3.63, 3.8) is 0 Å². The van der Waals surface area contributed by atoms with Gasteiger partial charge in [0.25, 0.3) is 0 Å². The fourth-order valence-corrected chi connectivity index (χ4v) is 3.96. The summed E-state index contributed by atoms with van der Waals surface area (Å²) < 4.78 is 0. The van der Waals surface area contributed by atoms with Crippen LogP contribution in [-0.2, 0) is 17.6 Å². The SMILES string of the molecule is CC(CC(=O)N(C)C1Cc2ccccc2C1)C1CCCNC1. The highest BCUT2D eigenvalue weighted by Gasteiger charge is 2.29. The molecule has 0 bridgehead atoms. The molecule has 3 nitrogen and oxygen atoms in total. The molecule has 1 amide bonds. The van der Waals surface area contributed by atoms with E-state index in [1.54, 1.807) is 0 Å². The van der Waals surface area contributed by atoms with Crippen LogP contribution in [0, 0.1) is 11.8 Å². The summed E-state index contributed by atoms with van der Waals surface area (Å²) in [6.45, 7) is 4.46. The lowest BCUT2D eigenvalue weighted by Gasteiger charge is -2.31. The van der Waals surface area contributed by atoms with Gasteiger partial charge in [0.15, 0.2) is 0 Å². The normalized spacial score (nSPS) is 23.1. The molecule has 0 radical (unpaired) electrons. The molecular weight excluding hydrogens is 272 g/mol. The van der Waals surface area contributed by atoms with E-state index >= 15 is 0 Å². The van der Waals surface area contributed by atoms with E-state index < -0.39 is 0 Å². The summed E-state index contributed by atoms with van der Waals surface area (Å²) in [6, 6.07) is 8.94. The van der Waals surface area contributed by atoms with Gasteiger partial charge in [0.05, 0.1) is 0 Å². The Morgan fingerprint density at radius 1 is 1.32 bits per heavy atom. The number of nitrogens with zero attached hydrogens (tertiary/aromatic N) is 1. The van der Waals surface area contributed by atoms with Crippen molar-refractivity contribution in [3.05, 3.63) is 35.4 Å². The average Bonchev–Trinajstić information content (AvgIpc) is 2.98. The largest absolute Gasteiger partial charge is 0.342 e. The highest BCUT2D eigenvalue weighted by Crippen LogP contribution is 2.27. The molecule has 2 unspecified atom stereocenters. The zero-order valence-electron chi connectivity index (χ0n) is 13.8. The molecule has 3 rings (SSSR count). The summed E-state index contributed by atoms with van der Waals surface area (Å²) in [6.07, 6.45) is 5.22. The highest BCUT2D eigenvalue weighted by molar-refractivity contribution is 5.76. The van der Waals surface area contributed by atoms with Crippen LogP contribution in [0.15, 0.2) is 24.3 Å². The maximum atomic E-state index is 12.6. The van der Waals surface area contributed by atoms with E-state index in [1.807, 2.05) is 11.9 Å². The van der Waals surface area contributed by atoms with Gasteiger partial charge in [-0.15, -0.1) is 0 Å². The van der Waals surface area contributed by atoms with Gasteiger partial charge in [-0.2, -0.15) is 0 Å². The monoisotopic (exact) mass is 300 g/mol. The molecular formula is C19H28N2O. The Labute approximate surface area is 134 Å². The molecule has 0 spiro atoms. The number of benzene rings is 1. The minimum Gasteiger partial charge on any atom is -0.342 e. The number of hydrogen-bond acceptors (Lipinski definition) is 2. The topological polar surface area (TPSA) is 32.3 Å². The Kier molecular flexibility index (Phi) is 4.82. The third-order valence-corrected chi connectivity index (χ3v) is 5.61. The molecule has 0 saturated carbocycles. The molecule has 2 atom stereocenters. The molecule has 1 aromatic rings. The van der Waals surface area contributed by atoms with Gasteiger partial charge >= 0.3 is 0 Å². The lowest BCUT2D eigenvalue weighted by Crippen LogP contribution is -2.40. The molecule has 1 aliphatic carbocycles. The number of carbonyl (C=O) groups excluding carboxylic acids is 1. The fraction of sp³-hybridized carbons (Fsp3) is 0.632. The molecule has 22 heavy (non-hydrogen) atoms. The van der Waals surface area contributed by atoms with Crippen molar-refractivity contribution < 1.29 is 4.79 Å². The van der Waals surface area contributed by atoms with Gasteiger partial charge in [-0.05, 0) is 61.7 Å². The summed E-state index contributed by atoms with van der Waals surface area (Å²) in [7, 11) is 1.99. The van der Waals surface area contributed by atoms with Crippen LogP contribution in [0.3, 0.4) is 0 Å². The quantitative estimate of drug-likeness (QED) is 0.927. The Balaban J connectivity index is 1.54. The molecule has 1 fully saturated rings. The summed E-state index contributed by atoms with van der Waals surface area (Å²) in [4.78, 5) is 14.6. The fourth-order valence-electron chi connectivity index (χ4n) is 3.96. The Hall–Kier alpha value is -1.35. The van der Waals surface area contributed by atoms with E-state index in [9.17, 15) is 4.79 Å². The van der Waals surface area contributed by atoms with E-state index in [1.165, 1.54) is 24.0 Å². The van der Waals surface area contributed by atoms with Crippen LogP contribution < -0.4 is 5.32 Å². The van der Waals surface area contributed by atoms with Crippen LogP contribution in [0.25, 0.3) is 0 Å². The summed E-state index contributed by atoms with van der Waals surface area (Å²) in [5.74, 6) is 1.45. The molecule has 1 saturated heterocycles. The predicted molar refractivity (Wildman–Crippen MR) is 89.8 cm³/mol. The molecule has 0 aromatic heterocycles. The second-order valence-corrected chi connectivity index (χ2v) is 7.12. The minimum atomic E-state index is 0.316. The van der Waals surface area contributed by atoms with Crippen molar-refractivity contribution in [1.82, 2.24) is 10.2 Å². The lowest BCUT2D eigenvalue weighted by molar-refractivity contribution is -0.133. The maximum Gasteiger partial charge on any atom is 0.222 e. The second-order valence-electron chi connectivity index (χ2n) is 7.12. The predicted octanol–water partition coefficient (Wildman–Crippen LogP) is 2.64. The highest BCUT2D eigenvalue weighted by atomic mass is 16.2. The van der Waals surface area contributed by atoms with Crippen LogP contribution in [0.4, 0.5) is 0 Å². The molecule has 2 aliphatic rings. The first-order chi connectivity index (χ1) is 10.6. The van der Waals surface area contributed by atoms with E-state index in [0.717, 1.165) is 25.9 Å². The van der Waals surface area contributed by atoms with Gasteiger partial charge in [-0.25, -0.2) is 0 Å². The van der Waals surface area contributed by atoms with Crippen molar-refractivity contribution in [2.75, 3.05) is 20.1 Å². The minimum absolute atomic E-state index is 0.316.